The molecule has 3 N–H and O–H groups in total. The zero-order valence-corrected chi connectivity index (χ0v) is 15.2. The molecule has 0 atom stereocenters. The Morgan fingerprint density at radius 2 is 2.11 bits per heavy atom. The monoisotopic (exact) mass is 362 g/mol. The van der Waals surface area contributed by atoms with Crippen LogP contribution < -0.4 is 16.2 Å². The number of rotatable bonds is 4. The second-order valence-corrected chi connectivity index (χ2v) is 6.61. The fraction of sp³-hybridized carbons (Fsp3) is 0.300. The Hall–Kier alpha value is -3.08. The van der Waals surface area contributed by atoms with Gasteiger partial charge in [0.25, 0.3) is 0 Å². The molecule has 27 heavy (non-hydrogen) atoms. The zero-order valence-electron chi connectivity index (χ0n) is 15.2. The lowest BCUT2D eigenvalue weighted by atomic mass is 10.1. The number of hydrogen-bond acceptors (Lipinski definition) is 6. The van der Waals surface area contributed by atoms with Crippen molar-refractivity contribution in [2.45, 2.75) is 18.9 Å². The first-order valence-corrected chi connectivity index (χ1v) is 8.94. The predicted molar refractivity (Wildman–Crippen MR) is 106 cm³/mol. The van der Waals surface area contributed by atoms with E-state index in [1.807, 2.05) is 41.0 Å². The number of benzene rings is 1. The number of imidazole rings is 1. The number of nitrogens with one attached hydrogen (secondary N) is 1. The smallest absolute Gasteiger partial charge is 0.154 e. The first-order chi connectivity index (χ1) is 13.2. The Bertz CT molecular complexity index is 999. The summed E-state index contributed by atoms with van der Waals surface area (Å²) in [6.45, 7) is 1.59. The highest BCUT2D eigenvalue weighted by Crippen LogP contribution is 2.26. The summed E-state index contributed by atoms with van der Waals surface area (Å²) >= 11 is 0. The van der Waals surface area contributed by atoms with Crippen molar-refractivity contribution in [3.8, 4) is 23.6 Å². The van der Waals surface area contributed by atoms with Gasteiger partial charge >= 0.3 is 0 Å². The van der Waals surface area contributed by atoms with Crippen molar-refractivity contribution in [2.75, 3.05) is 30.6 Å². The summed E-state index contributed by atoms with van der Waals surface area (Å²) in [5, 5.41) is 4.83. The third-order valence-electron chi connectivity index (χ3n) is 5.07. The maximum atomic E-state index is 5.61. The maximum absolute atomic E-state index is 5.61. The number of hydrazine groups is 1. The molecule has 1 fully saturated rings. The summed E-state index contributed by atoms with van der Waals surface area (Å²) in [6.07, 6.45) is 9.43. The van der Waals surface area contributed by atoms with Gasteiger partial charge < -0.3 is 15.1 Å². The Morgan fingerprint density at radius 1 is 1.30 bits per heavy atom. The molecule has 2 aromatic heterocycles. The Labute approximate surface area is 158 Å². The van der Waals surface area contributed by atoms with Crippen LogP contribution >= 0.6 is 0 Å². The molecule has 1 aliphatic heterocycles. The number of ether oxygens (including phenoxy) is 1. The van der Waals surface area contributed by atoms with Gasteiger partial charge in [0.15, 0.2) is 5.65 Å². The second kappa shape index (κ2) is 7.27. The van der Waals surface area contributed by atoms with Crippen LogP contribution in [0.25, 0.3) is 16.9 Å². The van der Waals surface area contributed by atoms with E-state index in [0.29, 0.717) is 17.3 Å². The van der Waals surface area contributed by atoms with E-state index in [9.17, 15) is 0 Å². The predicted octanol–water partition coefficient (Wildman–Crippen LogP) is 2.28. The molecule has 0 amide bonds. The second-order valence-electron chi connectivity index (χ2n) is 6.61. The molecule has 0 unspecified atom stereocenters. The topological polar surface area (TPSA) is 80.7 Å². The fourth-order valence-corrected chi connectivity index (χ4v) is 3.46. The number of fused-ring (bicyclic) bond motifs is 1. The van der Waals surface area contributed by atoms with E-state index in [4.69, 9.17) is 22.1 Å². The molecule has 3 heterocycles. The van der Waals surface area contributed by atoms with Gasteiger partial charge in [-0.3, -0.25) is 5.84 Å². The van der Waals surface area contributed by atoms with Gasteiger partial charge in [0, 0.05) is 37.4 Å². The number of nitrogen functional groups attached to an aromatic ring is 1. The molecule has 0 spiro atoms. The maximum Gasteiger partial charge on any atom is 0.154 e. The minimum atomic E-state index is 0.429. The van der Waals surface area contributed by atoms with Gasteiger partial charge in [-0.05, 0) is 37.1 Å². The van der Waals surface area contributed by atoms with Gasteiger partial charge in [-0.2, -0.15) is 0 Å². The molecular weight excluding hydrogens is 340 g/mol. The van der Waals surface area contributed by atoms with Gasteiger partial charge in [0.05, 0.1) is 17.6 Å². The molecule has 4 rings (SSSR count). The lowest BCUT2D eigenvalue weighted by molar-refractivity contribution is 0.0853. The van der Waals surface area contributed by atoms with E-state index in [1.54, 1.807) is 0 Å². The van der Waals surface area contributed by atoms with Crippen molar-refractivity contribution in [3.05, 3.63) is 42.1 Å². The van der Waals surface area contributed by atoms with E-state index < -0.39 is 0 Å². The summed E-state index contributed by atoms with van der Waals surface area (Å²) in [5.41, 5.74) is 6.63. The largest absolute Gasteiger partial charge is 0.381 e. The standard InChI is InChI=1S/C20H22N6O/c1-3-14-12-15(4-5-17(14)23-21)18-13-22-19-6-7-20(24-26(18)19)25(2)16-8-10-27-11-9-16/h1,4-7,12-13,16,23H,8-11,21H2,2H3. The molecule has 0 radical (unpaired) electrons. The number of nitrogens with two attached hydrogens (primary N) is 1. The SMILES string of the molecule is C#Cc1cc(-c2cnc3ccc(N(C)C4CCOCC4)nn23)ccc1NN. The van der Waals surface area contributed by atoms with Gasteiger partial charge in [0.2, 0.25) is 0 Å². The quantitative estimate of drug-likeness (QED) is 0.421. The van der Waals surface area contributed by atoms with Gasteiger partial charge in [0.1, 0.15) is 5.82 Å². The average molecular weight is 362 g/mol. The average Bonchev–Trinajstić information content (AvgIpc) is 3.16. The summed E-state index contributed by atoms with van der Waals surface area (Å²) in [7, 11) is 2.08. The minimum Gasteiger partial charge on any atom is -0.381 e. The molecule has 1 saturated heterocycles. The summed E-state index contributed by atoms with van der Waals surface area (Å²) < 4.78 is 7.33. The van der Waals surface area contributed by atoms with Crippen LogP contribution in [-0.2, 0) is 4.74 Å². The molecule has 0 saturated carbocycles. The number of aromatic nitrogens is 3. The highest BCUT2D eigenvalue weighted by molar-refractivity contribution is 5.70. The van der Waals surface area contributed by atoms with Crippen LogP contribution in [0.2, 0.25) is 0 Å². The van der Waals surface area contributed by atoms with E-state index in [2.05, 4.69) is 28.3 Å². The Balaban J connectivity index is 1.73. The van der Waals surface area contributed by atoms with Crippen LogP contribution in [0, 0.1) is 12.3 Å². The molecule has 0 bridgehead atoms. The lowest BCUT2D eigenvalue weighted by Gasteiger charge is -2.31. The van der Waals surface area contributed by atoms with Crippen LogP contribution in [0.3, 0.4) is 0 Å². The molecule has 7 heteroatoms. The Morgan fingerprint density at radius 3 is 2.85 bits per heavy atom. The first-order valence-electron chi connectivity index (χ1n) is 8.94. The number of hydrogen-bond donors (Lipinski definition) is 2. The summed E-state index contributed by atoms with van der Waals surface area (Å²) in [4.78, 5) is 6.70. The summed E-state index contributed by atoms with van der Waals surface area (Å²) in [6, 6.07) is 10.2. The van der Waals surface area contributed by atoms with Crippen molar-refractivity contribution in [3.63, 3.8) is 0 Å². The van der Waals surface area contributed by atoms with Gasteiger partial charge in [-0.15, -0.1) is 11.5 Å². The minimum absolute atomic E-state index is 0.429. The third-order valence-corrected chi connectivity index (χ3v) is 5.07. The van der Waals surface area contributed by atoms with Crippen LogP contribution in [0.5, 0.6) is 0 Å². The van der Waals surface area contributed by atoms with Gasteiger partial charge in [-0.1, -0.05) is 12.0 Å². The summed E-state index contributed by atoms with van der Waals surface area (Å²) in [5.74, 6) is 9.08. The first kappa shape index (κ1) is 17.3. The van der Waals surface area contributed by atoms with Crippen molar-refractivity contribution in [1.29, 1.82) is 0 Å². The normalized spacial score (nSPS) is 14.9. The van der Waals surface area contributed by atoms with Crippen molar-refractivity contribution in [1.82, 2.24) is 14.6 Å². The Kier molecular flexibility index (Phi) is 4.67. The molecule has 1 aromatic carbocycles. The lowest BCUT2D eigenvalue weighted by Crippen LogP contribution is -2.37. The molecule has 1 aliphatic rings. The third kappa shape index (κ3) is 3.21. The van der Waals surface area contributed by atoms with Crippen molar-refractivity contribution >= 4 is 17.2 Å². The van der Waals surface area contributed by atoms with Crippen LogP contribution in [0.4, 0.5) is 11.5 Å². The van der Waals surface area contributed by atoms with E-state index in [0.717, 1.165) is 48.8 Å². The van der Waals surface area contributed by atoms with Crippen LogP contribution in [0.15, 0.2) is 36.5 Å². The van der Waals surface area contributed by atoms with Crippen LogP contribution in [-0.4, -0.2) is 40.9 Å². The highest BCUT2D eigenvalue weighted by Gasteiger charge is 2.20. The molecular formula is C20H22N6O. The van der Waals surface area contributed by atoms with Crippen molar-refractivity contribution in [2.24, 2.45) is 5.84 Å². The van der Waals surface area contributed by atoms with E-state index >= 15 is 0 Å². The molecule has 138 valence electrons. The van der Waals surface area contributed by atoms with Gasteiger partial charge in [-0.25, -0.2) is 9.50 Å². The molecule has 3 aromatic rings. The number of anilines is 2. The number of terminal acetylenes is 1. The van der Waals surface area contributed by atoms with Crippen LogP contribution in [0.1, 0.15) is 18.4 Å². The molecule has 7 nitrogen and oxygen atoms in total. The number of nitrogens with zero attached hydrogens (tertiary/aromatic N) is 4. The zero-order chi connectivity index (χ0) is 18.8. The fourth-order valence-electron chi connectivity index (χ4n) is 3.46. The highest BCUT2D eigenvalue weighted by atomic mass is 16.5. The molecule has 0 aliphatic carbocycles. The van der Waals surface area contributed by atoms with E-state index in [1.165, 1.54) is 0 Å². The van der Waals surface area contributed by atoms with E-state index in [-0.39, 0.29) is 0 Å². The van der Waals surface area contributed by atoms with Crippen molar-refractivity contribution < 1.29 is 4.74 Å².